The zero-order chi connectivity index (χ0) is 18.3. The Balaban J connectivity index is 1.40. The Morgan fingerprint density at radius 2 is 1.81 bits per heavy atom. The lowest BCUT2D eigenvalue weighted by atomic mass is 10.1. The van der Waals surface area contributed by atoms with Gasteiger partial charge in [0.1, 0.15) is 5.58 Å². The summed E-state index contributed by atoms with van der Waals surface area (Å²) in [5.74, 6) is -0.593. The van der Waals surface area contributed by atoms with Crippen LogP contribution in [-0.4, -0.2) is 11.8 Å². The zero-order valence-corrected chi connectivity index (χ0v) is 14.8. The molecule has 2 N–H and O–H groups in total. The number of amides is 2. The minimum atomic E-state index is -0.470. The largest absolute Gasteiger partial charge is 0.451 e. The highest BCUT2D eigenvalue weighted by Crippen LogP contribution is 2.49. The van der Waals surface area contributed by atoms with E-state index in [2.05, 4.69) is 10.9 Å². The van der Waals surface area contributed by atoms with Gasteiger partial charge in [0.2, 0.25) is 5.91 Å². The fourth-order valence-corrected chi connectivity index (χ4v) is 3.54. The number of halogens is 1. The van der Waals surface area contributed by atoms with Crippen molar-refractivity contribution in [2.45, 2.75) is 19.3 Å². The van der Waals surface area contributed by atoms with Crippen molar-refractivity contribution < 1.29 is 14.0 Å². The van der Waals surface area contributed by atoms with Crippen LogP contribution in [0.3, 0.4) is 0 Å². The van der Waals surface area contributed by atoms with Crippen LogP contribution in [0.5, 0.6) is 0 Å². The SMILES string of the molecule is Cc1c(C(=O)NNC(=O)[C@H]2C[C@H]2c2ccccc2Cl)oc2ccccc12. The first-order chi connectivity index (χ1) is 12.6. The Kier molecular flexibility index (Phi) is 4.17. The number of carbonyl (C=O) groups is 2. The van der Waals surface area contributed by atoms with Gasteiger partial charge in [-0.1, -0.05) is 48.0 Å². The Bertz CT molecular complexity index is 1010. The number of carbonyl (C=O) groups excluding carboxylic acids is 2. The highest BCUT2D eigenvalue weighted by molar-refractivity contribution is 6.31. The van der Waals surface area contributed by atoms with Crippen LogP contribution in [0.15, 0.2) is 52.9 Å². The molecule has 1 fully saturated rings. The lowest BCUT2D eigenvalue weighted by molar-refractivity contribution is -0.123. The van der Waals surface area contributed by atoms with Crippen molar-refractivity contribution in [3.05, 3.63) is 70.4 Å². The molecular formula is C20H17ClN2O3. The van der Waals surface area contributed by atoms with E-state index in [-0.39, 0.29) is 23.5 Å². The second kappa shape index (κ2) is 6.50. The number of hydrazine groups is 1. The molecule has 0 saturated heterocycles. The van der Waals surface area contributed by atoms with Gasteiger partial charge < -0.3 is 4.42 Å². The van der Waals surface area contributed by atoms with Crippen molar-refractivity contribution in [2.24, 2.45) is 5.92 Å². The van der Waals surface area contributed by atoms with Gasteiger partial charge in [-0.25, -0.2) is 0 Å². The summed E-state index contributed by atoms with van der Waals surface area (Å²) in [4.78, 5) is 24.6. The summed E-state index contributed by atoms with van der Waals surface area (Å²) in [6.45, 7) is 1.82. The monoisotopic (exact) mass is 368 g/mol. The first-order valence-electron chi connectivity index (χ1n) is 8.39. The molecule has 5 nitrogen and oxygen atoms in total. The summed E-state index contributed by atoms with van der Waals surface area (Å²) in [5.41, 5.74) is 7.29. The van der Waals surface area contributed by atoms with E-state index in [1.165, 1.54) is 0 Å². The summed E-state index contributed by atoms with van der Waals surface area (Å²) >= 11 is 6.18. The van der Waals surface area contributed by atoms with E-state index in [0.717, 1.165) is 22.9 Å². The summed E-state index contributed by atoms with van der Waals surface area (Å²) in [6.07, 6.45) is 0.717. The number of fused-ring (bicyclic) bond motifs is 1. The smallest absolute Gasteiger partial charge is 0.305 e. The fourth-order valence-electron chi connectivity index (χ4n) is 3.26. The van der Waals surface area contributed by atoms with Crippen LogP contribution in [0.4, 0.5) is 0 Å². The zero-order valence-electron chi connectivity index (χ0n) is 14.1. The molecular weight excluding hydrogens is 352 g/mol. The fraction of sp³-hybridized carbons (Fsp3) is 0.200. The van der Waals surface area contributed by atoms with Gasteiger partial charge in [0.15, 0.2) is 5.76 Å². The normalized spacial score (nSPS) is 18.5. The molecule has 1 aliphatic carbocycles. The molecule has 26 heavy (non-hydrogen) atoms. The molecule has 0 aliphatic heterocycles. The van der Waals surface area contributed by atoms with Gasteiger partial charge in [0, 0.05) is 21.9 Å². The summed E-state index contributed by atoms with van der Waals surface area (Å²) < 4.78 is 5.59. The maximum Gasteiger partial charge on any atom is 0.305 e. The second-order valence-electron chi connectivity index (χ2n) is 6.47. The molecule has 2 aromatic carbocycles. The van der Waals surface area contributed by atoms with Crippen LogP contribution in [0, 0.1) is 12.8 Å². The van der Waals surface area contributed by atoms with Crippen LogP contribution in [0.25, 0.3) is 11.0 Å². The molecule has 132 valence electrons. The lowest BCUT2D eigenvalue weighted by Gasteiger charge is -2.07. The van der Waals surface area contributed by atoms with Crippen LogP contribution in [0.2, 0.25) is 5.02 Å². The molecule has 0 bridgehead atoms. The maximum absolute atomic E-state index is 12.3. The molecule has 2 amide bonds. The molecule has 6 heteroatoms. The molecule has 2 atom stereocenters. The molecule has 1 saturated carbocycles. The lowest BCUT2D eigenvalue weighted by Crippen LogP contribution is -2.42. The number of furan rings is 1. The highest BCUT2D eigenvalue weighted by Gasteiger charge is 2.45. The molecule has 1 aromatic heterocycles. The first kappa shape index (κ1) is 16.7. The van der Waals surface area contributed by atoms with E-state index in [0.29, 0.717) is 10.6 Å². The quantitative estimate of drug-likeness (QED) is 0.687. The van der Waals surface area contributed by atoms with Crippen molar-refractivity contribution in [1.29, 1.82) is 0 Å². The van der Waals surface area contributed by atoms with E-state index in [1.54, 1.807) is 6.07 Å². The summed E-state index contributed by atoms with van der Waals surface area (Å²) in [5, 5.41) is 1.54. The van der Waals surface area contributed by atoms with E-state index in [1.807, 2.05) is 49.4 Å². The third-order valence-corrected chi connectivity index (χ3v) is 5.13. The van der Waals surface area contributed by atoms with Gasteiger partial charge >= 0.3 is 5.91 Å². The van der Waals surface area contributed by atoms with Crippen LogP contribution < -0.4 is 10.9 Å². The van der Waals surface area contributed by atoms with Crippen molar-refractivity contribution in [2.75, 3.05) is 0 Å². The molecule has 0 radical (unpaired) electrons. The van der Waals surface area contributed by atoms with Gasteiger partial charge in [-0.2, -0.15) is 0 Å². The van der Waals surface area contributed by atoms with Crippen LogP contribution in [0.1, 0.15) is 34.0 Å². The summed E-state index contributed by atoms with van der Waals surface area (Å²) in [7, 11) is 0. The molecule has 3 aromatic rings. The van der Waals surface area contributed by atoms with Gasteiger partial charge in [-0.05, 0) is 37.0 Å². The summed E-state index contributed by atoms with van der Waals surface area (Å²) in [6, 6.07) is 14.9. The van der Waals surface area contributed by atoms with Crippen LogP contribution >= 0.6 is 11.6 Å². The molecule has 1 aliphatic rings. The average Bonchev–Trinajstić information content (AvgIpc) is 3.38. The third kappa shape index (κ3) is 2.95. The van der Waals surface area contributed by atoms with Gasteiger partial charge in [0.25, 0.3) is 0 Å². The van der Waals surface area contributed by atoms with Gasteiger partial charge in [-0.3, -0.25) is 20.4 Å². The van der Waals surface area contributed by atoms with E-state index in [9.17, 15) is 9.59 Å². The number of aryl methyl sites for hydroxylation is 1. The molecule has 0 unspecified atom stereocenters. The van der Waals surface area contributed by atoms with Crippen molar-refractivity contribution in [1.82, 2.24) is 10.9 Å². The van der Waals surface area contributed by atoms with E-state index < -0.39 is 5.91 Å². The first-order valence-corrected chi connectivity index (χ1v) is 8.77. The standard InChI is InChI=1S/C20H17ClN2O3/c1-11-12-6-3-5-9-17(12)26-18(11)20(25)23-22-19(24)15-10-14(15)13-7-2-4-8-16(13)21/h2-9,14-15H,10H2,1H3,(H,22,24)(H,23,25)/t14-,15-/m0/s1. The molecule has 0 spiro atoms. The number of para-hydroxylation sites is 1. The highest BCUT2D eigenvalue weighted by atomic mass is 35.5. The Labute approximate surface area is 155 Å². The van der Waals surface area contributed by atoms with Crippen molar-refractivity contribution in [3.63, 3.8) is 0 Å². The van der Waals surface area contributed by atoms with Crippen LogP contribution in [-0.2, 0) is 4.79 Å². The van der Waals surface area contributed by atoms with Gasteiger partial charge in [-0.15, -0.1) is 0 Å². The molecule has 1 heterocycles. The Hall–Kier alpha value is -2.79. The van der Waals surface area contributed by atoms with E-state index in [4.69, 9.17) is 16.0 Å². The van der Waals surface area contributed by atoms with Crippen molar-refractivity contribution in [3.8, 4) is 0 Å². The number of hydrogen-bond acceptors (Lipinski definition) is 3. The molecule has 4 rings (SSSR count). The Morgan fingerprint density at radius 3 is 2.58 bits per heavy atom. The number of rotatable bonds is 3. The van der Waals surface area contributed by atoms with Crippen molar-refractivity contribution >= 4 is 34.4 Å². The number of benzene rings is 2. The second-order valence-corrected chi connectivity index (χ2v) is 6.87. The van der Waals surface area contributed by atoms with Gasteiger partial charge in [0.05, 0.1) is 0 Å². The number of hydrogen-bond donors (Lipinski definition) is 2. The minimum absolute atomic E-state index is 0.0912. The number of nitrogens with one attached hydrogen (secondary N) is 2. The minimum Gasteiger partial charge on any atom is -0.451 e. The van der Waals surface area contributed by atoms with E-state index >= 15 is 0 Å². The topological polar surface area (TPSA) is 71.3 Å². The Morgan fingerprint density at radius 1 is 1.08 bits per heavy atom. The maximum atomic E-state index is 12.3. The third-order valence-electron chi connectivity index (χ3n) is 4.78. The average molecular weight is 369 g/mol. The predicted molar refractivity (Wildman–Crippen MR) is 98.9 cm³/mol. The predicted octanol–water partition coefficient (Wildman–Crippen LogP) is 3.96.